The average molecular weight is 257 g/mol. The fourth-order valence-corrected chi connectivity index (χ4v) is 1.49. The molecule has 1 rings (SSSR count). The van der Waals surface area contributed by atoms with Gasteiger partial charge in [-0.05, 0) is 45.4 Å². The quantitative estimate of drug-likeness (QED) is 0.752. The molecule has 0 unspecified atom stereocenters. The lowest BCUT2D eigenvalue weighted by atomic mass is 10.2. The number of ether oxygens (including phenoxy) is 1. The van der Waals surface area contributed by atoms with Gasteiger partial charge in [-0.2, -0.15) is 0 Å². The fraction of sp³-hybridized carbons (Fsp3) is 0.417. The lowest BCUT2D eigenvalue weighted by Gasteiger charge is -2.20. The average Bonchev–Trinajstić information content (AvgIpc) is 2.11. The van der Waals surface area contributed by atoms with E-state index in [1.807, 2.05) is 0 Å². The number of hydrogen-bond donors (Lipinski definition) is 2. The maximum atomic E-state index is 13.3. The molecule has 1 aromatic carbocycles. The lowest BCUT2D eigenvalue weighted by molar-refractivity contribution is 0.0635. The van der Waals surface area contributed by atoms with Gasteiger partial charge in [0.25, 0.3) is 0 Å². The minimum Gasteiger partial charge on any atom is -0.444 e. The van der Waals surface area contributed by atoms with Crippen LogP contribution in [0.5, 0.6) is 0 Å². The van der Waals surface area contributed by atoms with E-state index >= 15 is 0 Å². The standard InChI is InChI=1S/C12H16FNO2S/c1-7-5-10(17)9(6-8(7)13)14-11(15)16-12(2,3)4/h5-6,17H,1-4H3,(H,14,15). The van der Waals surface area contributed by atoms with Gasteiger partial charge in [-0.1, -0.05) is 0 Å². The number of nitrogens with one attached hydrogen (secondary N) is 1. The molecule has 0 aliphatic rings. The Hall–Kier alpha value is -1.23. The molecular formula is C12H16FNO2S. The number of aryl methyl sites for hydroxylation is 1. The van der Waals surface area contributed by atoms with Crippen molar-refractivity contribution < 1.29 is 13.9 Å². The molecule has 5 heteroatoms. The highest BCUT2D eigenvalue weighted by molar-refractivity contribution is 7.80. The Morgan fingerprint density at radius 2 is 2.00 bits per heavy atom. The Morgan fingerprint density at radius 3 is 2.53 bits per heavy atom. The normalized spacial score (nSPS) is 11.2. The number of amides is 1. The van der Waals surface area contributed by atoms with E-state index in [1.165, 1.54) is 6.07 Å². The van der Waals surface area contributed by atoms with E-state index in [-0.39, 0.29) is 0 Å². The van der Waals surface area contributed by atoms with E-state index in [1.54, 1.807) is 33.8 Å². The van der Waals surface area contributed by atoms with Crippen molar-refractivity contribution >= 4 is 24.4 Å². The molecule has 0 fully saturated rings. The lowest BCUT2D eigenvalue weighted by Crippen LogP contribution is -2.27. The third kappa shape index (κ3) is 4.26. The number of anilines is 1. The minimum atomic E-state index is -0.629. The van der Waals surface area contributed by atoms with Crippen molar-refractivity contribution in [2.24, 2.45) is 0 Å². The topological polar surface area (TPSA) is 38.3 Å². The number of hydrogen-bond acceptors (Lipinski definition) is 3. The molecule has 0 radical (unpaired) electrons. The molecule has 3 nitrogen and oxygen atoms in total. The zero-order valence-electron chi connectivity index (χ0n) is 10.3. The van der Waals surface area contributed by atoms with E-state index in [0.717, 1.165) is 0 Å². The van der Waals surface area contributed by atoms with Crippen LogP contribution in [0.1, 0.15) is 26.3 Å². The van der Waals surface area contributed by atoms with Crippen LogP contribution in [0, 0.1) is 12.7 Å². The fourth-order valence-electron chi connectivity index (χ4n) is 1.18. The number of halogens is 1. The van der Waals surface area contributed by atoms with Crippen LogP contribution in [0.15, 0.2) is 17.0 Å². The Bertz CT molecular complexity index is 441. The van der Waals surface area contributed by atoms with Gasteiger partial charge in [0.2, 0.25) is 0 Å². The third-order valence-corrected chi connectivity index (χ3v) is 2.28. The molecule has 0 heterocycles. The maximum Gasteiger partial charge on any atom is 0.412 e. The van der Waals surface area contributed by atoms with Gasteiger partial charge >= 0.3 is 6.09 Å². The van der Waals surface area contributed by atoms with E-state index in [9.17, 15) is 9.18 Å². The number of thiol groups is 1. The van der Waals surface area contributed by atoms with Crippen LogP contribution in [0.4, 0.5) is 14.9 Å². The monoisotopic (exact) mass is 257 g/mol. The van der Waals surface area contributed by atoms with Gasteiger partial charge in [0, 0.05) is 4.90 Å². The summed E-state index contributed by atoms with van der Waals surface area (Å²) in [7, 11) is 0. The van der Waals surface area contributed by atoms with E-state index in [4.69, 9.17) is 4.74 Å². The van der Waals surface area contributed by atoms with Gasteiger partial charge in [0.05, 0.1) is 5.69 Å². The Morgan fingerprint density at radius 1 is 1.41 bits per heavy atom. The Labute approximate surface area is 106 Å². The molecule has 0 aliphatic carbocycles. The summed E-state index contributed by atoms with van der Waals surface area (Å²) in [5.74, 6) is -0.395. The van der Waals surface area contributed by atoms with Crippen molar-refractivity contribution in [2.45, 2.75) is 38.2 Å². The van der Waals surface area contributed by atoms with Crippen LogP contribution >= 0.6 is 12.6 Å². The number of carbonyl (C=O) groups is 1. The summed E-state index contributed by atoms with van der Waals surface area (Å²) >= 11 is 4.16. The summed E-state index contributed by atoms with van der Waals surface area (Å²) in [6.07, 6.45) is -0.629. The summed E-state index contributed by atoms with van der Waals surface area (Å²) < 4.78 is 18.4. The van der Waals surface area contributed by atoms with Crippen LogP contribution in [0.3, 0.4) is 0 Å². The van der Waals surface area contributed by atoms with Crippen molar-refractivity contribution in [3.63, 3.8) is 0 Å². The highest BCUT2D eigenvalue weighted by Gasteiger charge is 2.17. The number of carbonyl (C=O) groups excluding carboxylic acids is 1. The van der Waals surface area contributed by atoms with Crippen LogP contribution in [0.25, 0.3) is 0 Å². The first-order chi connectivity index (χ1) is 7.69. The predicted molar refractivity (Wildman–Crippen MR) is 68.2 cm³/mol. The number of benzene rings is 1. The zero-order chi connectivity index (χ0) is 13.2. The molecule has 0 spiro atoms. The first kappa shape index (κ1) is 13.8. The largest absolute Gasteiger partial charge is 0.444 e. The van der Waals surface area contributed by atoms with Crippen LogP contribution < -0.4 is 5.32 Å². The summed E-state index contributed by atoms with van der Waals surface area (Å²) in [6.45, 7) is 6.89. The molecule has 94 valence electrons. The van der Waals surface area contributed by atoms with Gasteiger partial charge in [0.1, 0.15) is 11.4 Å². The third-order valence-electron chi connectivity index (χ3n) is 1.91. The summed E-state index contributed by atoms with van der Waals surface area (Å²) in [4.78, 5) is 12.0. The van der Waals surface area contributed by atoms with Gasteiger partial charge in [-0.3, -0.25) is 5.32 Å². The Kier molecular flexibility index (Phi) is 4.03. The molecule has 0 saturated carbocycles. The molecule has 0 saturated heterocycles. The highest BCUT2D eigenvalue weighted by Crippen LogP contribution is 2.24. The molecule has 1 N–H and O–H groups in total. The summed E-state index contributed by atoms with van der Waals surface area (Å²) in [6, 6.07) is 2.77. The van der Waals surface area contributed by atoms with Crippen LogP contribution in [-0.4, -0.2) is 11.7 Å². The predicted octanol–water partition coefficient (Wildman–Crippen LogP) is 3.77. The summed E-state index contributed by atoms with van der Waals surface area (Å²) in [5, 5.41) is 2.46. The SMILES string of the molecule is Cc1cc(S)c(NC(=O)OC(C)(C)C)cc1F. The van der Waals surface area contributed by atoms with Gasteiger partial charge in [-0.15, -0.1) is 12.6 Å². The number of rotatable bonds is 1. The van der Waals surface area contributed by atoms with Gasteiger partial charge in [0.15, 0.2) is 0 Å². The molecule has 0 aliphatic heterocycles. The summed E-state index contributed by atoms with van der Waals surface area (Å²) in [5.41, 5.74) is 0.180. The second-order valence-electron chi connectivity index (χ2n) is 4.75. The van der Waals surface area contributed by atoms with E-state index in [0.29, 0.717) is 16.1 Å². The first-order valence-electron chi connectivity index (χ1n) is 5.18. The highest BCUT2D eigenvalue weighted by atomic mass is 32.1. The molecule has 0 bridgehead atoms. The smallest absolute Gasteiger partial charge is 0.412 e. The van der Waals surface area contributed by atoms with Gasteiger partial charge in [-0.25, -0.2) is 9.18 Å². The van der Waals surface area contributed by atoms with Crippen molar-refractivity contribution in [1.29, 1.82) is 0 Å². The zero-order valence-corrected chi connectivity index (χ0v) is 11.2. The van der Waals surface area contributed by atoms with Crippen LogP contribution in [0.2, 0.25) is 0 Å². The molecule has 1 aromatic rings. The molecular weight excluding hydrogens is 241 g/mol. The van der Waals surface area contributed by atoms with E-state index in [2.05, 4.69) is 17.9 Å². The van der Waals surface area contributed by atoms with Crippen molar-refractivity contribution in [1.82, 2.24) is 0 Å². The molecule has 1 amide bonds. The maximum absolute atomic E-state index is 13.3. The van der Waals surface area contributed by atoms with Crippen molar-refractivity contribution in [2.75, 3.05) is 5.32 Å². The van der Waals surface area contributed by atoms with Crippen LogP contribution in [-0.2, 0) is 4.74 Å². The minimum absolute atomic E-state index is 0.297. The van der Waals surface area contributed by atoms with E-state index < -0.39 is 17.5 Å². The molecule has 0 atom stereocenters. The Balaban J connectivity index is 2.82. The molecule has 0 aromatic heterocycles. The molecule has 17 heavy (non-hydrogen) atoms. The van der Waals surface area contributed by atoms with Crippen molar-refractivity contribution in [3.8, 4) is 0 Å². The second-order valence-corrected chi connectivity index (χ2v) is 5.23. The first-order valence-corrected chi connectivity index (χ1v) is 5.63. The van der Waals surface area contributed by atoms with Gasteiger partial charge < -0.3 is 4.74 Å². The second kappa shape index (κ2) is 4.96. The van der Waals surface area contributed by atoms with Crippen molar-refractivity contribution in [3.05, 3.63) is 23.5 Å².